The van der Waals surface area contributed by atoms with Crippen molar-refractivity contribution in [1.82, 2.24) is 4.98 Å². The minimum Gasteiger partial charge on any atom is -0.508 e. The van der Waals surface area contributed by atoms with Gasteiger partial charge in [-0.05, 0) is 12.1 Å². The van der Waals surface area contributed by atoms with E-state index in [0.29, 0.717) is 0 Å². The highest BCUT2D eigenvalue weighted by Crippen LogP contribution is 2.28. The number of nitrogen functional groups attached to an aromatic ring is 1. The molecule has 0 saturated carbocycles. The third kappa shape index (κ3) is 2.77. The number of rotatable bonds is 3. The van der Waals surface area contributed by atoms with Gasteiger partial charge in [-0.3, -0.25) is 14.9 Å². The molecule has 0 aliphatic carbocycles. The normalized spacial score (nSPS) is 10.1. The molecule has 1 heterocycles. The maximum absolute atomic E-state index is 11.8. The number of nitrogens with two attached hydrogens (primary N) is 1. The number of amides is 1. The second-order valence-electron chi connectivity index (χ2n) is 3.48. The number of hydrogen-bond donors (Lipinski definition) is 3. The van der Waals surface area contributed by atoms with Crippen molar-refractivity contribution >= 4 is 33.8 Å². The topological polar surface area (TPSA) is 131 Å². The molecule has 0 bridgehead atoms. The van der Waals surface area contributed by atoms with Crippen LogP contribution in [0.25, 0.3) is 0 Å². The molecule has 0 unspecified atom stereocenters. The van der Waals surface area contributed by atoms with Crippen molar-refractivity contribution in [3.63, 3.8) is 0 Å². The van der Waals surface area contributed by atoms with Gasteiger partial charge in [0, 0.05) is 5.38 Å². The van der Waals surface area contributed by atoms with Crippen molar-refractivity contribution in [2.24, 2.45) is 0 Å². The van der Waals surface area contributed by atoms with Crippen LogP contribution in [-0.2, 0) is 0 Å². The Balaban J connectivity index is 2.28. The van der Waals surface area contributed by atoms with Crippen LogP contribution in [0.1, 0.15) is 10.5 Å². The number of carbonyl (C=O) groups is 1. The number of anilines is 2. The van der Waals surface area contributed by atoms with Gasteiger partial charge in [0.25, 0.3) is 11.6 Å². The number of aromatic hydroxyl groups is 1. The summed E-state index contributed by atoms with van der Waals surface area (Å²) in [5.74, 6) is -0.871. The first-order chi connectivity index (χ1) is 8.97. The number of aromatic nitrogens is 1. The molecule has 9 heteroatoms. The number of carbonyl (C=O) groups excluding carboxylic acids is 1. The van der Waals surface area contributed by atoms with E-state index >= 15 is 0 Å². The van der Waals surface area contributed by atoms with Crippen molar-refractivity contribution in [2.75, 3.05) is 11.1 Å². The molecule has 0 radical (unpaired) electrons. The molecule has 4 N–H and O–H groups in total. The molecule has 0 aliphatic rings. The van der Waals surface area contributed by atoms with Crippen LogP contribution in [0.4, 0.5) is 16.5 Å². The number of hydrogen-bond acceptors (Lipinski definition) is 7. The van der Waals surface area contributed by atoms with Gasteiger partial charge in [-0.2, -0.15) is 0 Å². The number of nitrogens with zero attached hydrogens (tertiary/aromatic N) is 2. The Hall–Kier alpha value is -2.68. The zero-order valence-electron chi connectivity index (χ0n) is 9.36. The Kier molecular flexibility index (Phi) is 3.29. The highest BCUT2D eigenvalue weighted by Gasteiger charge is 2.18. The number of nitro groups is 1. The molecule has 0 atom stereocenters. The van der Waals surface area contributed by atoms with E-state index in [0.717, 1.165) is 17.4 Å². The van der Waals surface area contributed by atoms with E-state index in [2.05, 4.69) is 10.3 Å². The smallest absolute Gasteiger partial charge is 0.296 e. The van der Waals surface area contributed by atoms with E-state index in [9.17, 15) is 20.0 Å². The molecule has 2 aromatic rings. The monoisotopic (exact) mass is 280 g/mol. The first-order valence-corrected chi connectivity index (χ1v) is 5.85. The Bertz CT molecular complexity index is 655. The van der Waals surface area contributed by atoms with Crippen LogP contribution in [0.5, 0.6) is 5.75 Å². The highest BCUT2D eigenvalue weighted by atomic mass is 32.1. The van der Waals surface area contributed by atoms with Gasteiger partial charge in [0.1, 0.15) is 17.1 Å². The molecule has 0 fully saturated rings. The fourth-order valence-corrected chi connectivity index (χ4v) is 1.90. The Morgan fingerprint density at radius 1 is 1.53 bits per heavy atom. The second kappa shape index (κ2) is 4.90. The average Bonchev–Trinajstić information content (AvgIpc) is 2.78. The lowest BCUT2D eigenvalue weighted by molar-refractivity contribution is -0.384. The van der Waals surface area contributed by atoms with Crippen LogP contribution >= 0.6 is 11.3 Å². The Labute approximate surface area is 110 Å². The second-order valence-corrected chi connectivity index (χ2v) is 4.37. The molecule has 0 aliphatic heterocycles. The zero-order chi connectivity index (χ0) is 14.0. The summed E-state index contributed by atoms with van der Waals surface area (Å²) in [7, 11) is 0. The molecular formula is C10H8N4O4S. The van der Waals surface area contributed by atoms with Crippen molar-refractivity contribution < 1.29 is 14.8 Å². The fraction of sp³-hybridized carbons (Fsp3) is 0. The van der Waals surface area contributed by atoms with E-state index in [-0.39, 0.29) is 22.3 Å². The third-order valence-electron chi connectivity index (χ3n) is 2.18. The standard InChI is InChI=1S/C10H8N4O4S/c11-10-13-7(4-19-10)9(16)12-6-2-1-5(15)3-8(6)14(17)18/h1-4,15H,(H2,11,13)(H,12,16). The van der Waals surface area contributed by atoms with Gasteiger partial charge in [0.15, 0.2) is 5.13 Å². The summed E-state index contributed by atoms with van der Waals surface area (Å²) in [6, 6.07) is 3.42. The van der Waals surface area contributed by atoms with Gasteiger partial charge in [-0.1, -0.05) is 0 Å². The summed E-state index contributed by atoms with van der Waals surface area (Å²) in [4.78, 5) is 25.6. The number of benzene rings is 1. The molecule has 2 rings (SSSR count). The van der Waals surface area contributed by atoms with Gasteiger partial charge in [-0.25, -0.2) is 4.98 Å². The third-order valence-corrected chi connectivity index (χ3v) is 2.85. The summed E-state index contributed by atoms with van der Waals surface area (Å²) < 4.78 is 0. The van der Waals surface area contributed by atoms with E-state index in [1.54, 1.807) is 0 Å². The summed E-state index contributed by atoms with van der Waals surface area (Å²) in [5.41, 5.74) is 5.03. The van der Waals surface area contributed by atoms with Gasteiger partial charge >= 0.3 is 0 Å². The molecule has 98 valence electrons. The summed E-state index contributed by atoms with van der Waals surface area (Å²) in [6.45, 7) is 0. The summed E-state index contributed by atoms with van der Waals surface area (Å²) in [6.07, 6.45) is 0. The molecule has 1 aromatic carbocycles. The van der Waals surface area contributed by atoms with Crippen LogP contribution in [-0.4, -0.2) is 20.9 Å². The number of phenols is 1. The van der Waals surface area contributed by atoms with Crippen molar-refractivity contribution in [3.05, 3.63) is 39.4 Å². The first kappa shape index (κ1) is 12.8. The first-order valence-electron chi connectivity index (χ1n) is 4.97. The van der Waals surface area contributed by atoms with E-state index in [1.165, 1.54) is 17.5 Å². The lowest BCUT2D eigenvalue weighted by Gasteiger charge is -2.04. The molecule has 19 heavy (non-hydrogen) atoms. The van der Waals surface area contributed by atoms with Crippen molar-refractivity contribution in [1.29, 1.82) is 0 Å². The van der Waals surface area contributed by atoms with Gasteiger partial charge < -0.3 is 16.2 Å². The maximum Gasteiger partial charge on any atom is 0.296 e. The van der Waals surface area contributed by atoms with Gasteiger partial charge in [0.05, 0.1) is 11.0 Å². The molecule has 8 nitrogen and oxygen atoms in total. The number of thiazole rings is 1. The maximum atomic E-state index is 11.8. The van der Waals surface area contributed by atoms with Crippen LogP contribution in [0.3, 0.4) is 0 Å². The minimum absolute atomic E-state index is 0.0284. The summed E-state index contributed by atoms with van der Waals surface area (Å²) >= 11 is 1.09. The number of phenolic OH excluding ortho intramolecular Hbond substituents is 1. The lowest BCUT2D eigenvalue weighted by Crippen LogP contribution is -2.13. The predicted octanol–water partition coefficient (Wildman–Crippen LogP) is 1.59. The van der Waals surface area contributed by atoms with Crippen LogP contribution in [0.15, 0.2) is 23.6 Å². The fourth-order valence-electron chi connectivity index (χ4n) is 1.36. The quantitative estimate of drug-likeness (QED) is 0.444. The van der Waals surface area contributed by atoms with E-state index < -0.39 is 16.5 Å². The van der Waals surface area contributed by atoms with Crippen LogP contribution in [0, 0.1) is 10.1 Å². The molecular weight excluding hydrogens is 272 g/mol. The zero-order valence-corrected chi connectivity index (χ0v) is 10.2. The van der Waals surface area contributed by atoms with Crippen molar-refractivity contribution in [3.8, 4) is 5.75 Å². The van der Waals surface area contributed by atoms with E-state index in [1.807, 2.05) is 0 Å². The molecule has 1 amide bonds. The Morgan fingerprint density at radius 3 is 2.84 bits per heavy atom. The Morgan fingerprint density at radius 2 is 2.26 bits per heavy atom. The average molecular weight is 280 g/mol. The van der Waals surface area contributed by atoms with Crippen LogP contribution in [0.2, 0.25) is 0 Å². The minimum atomic E-state index is -0.704. The SMILES string of the molecule is Nc1nc(C(=O)Nc2ccc(O)cc2[N+](=O)[O-])cs1. The van der Waals surface area contributed by atoms with Crippen molar-refractivity contribution in [2.45, 2.75) is 0 Å². The van der Waals surface area contributed by atoms with Crippen LogP contribution < -0.4 is 11.1 Å². The molecule has 0 saturated heterocycles. The highest BCUT2D eigenvalue weighted by molar-refractivity contribution is 7.13. The molecule has 1 aromatic heterocycles. The number of nitrogens with one attached hydrogen (secondary N) is 1. The summed E-state index contributed by atoms with van der Waals surface area (Å²) in [5, 5.41) is 24.0. The predicted molar refractivity (Wildman–Crippen MR) is 69.2 cm³/mol. The molecule has 0 spiro atoms. The lowest BCUT2D eigenvalue weighted by atomic mass is 10.2. The number of nitro benzene ring substituents is 1. The van der Waals surface area contributed by atoms with Gasteiger partial charge in [0.2, 0.25) is 0 Å². The largest absolute Gasteiger partial charge is 0.508 e. The van der Waals surface area contributed by atoms with E-state index in [4.69, 9.17) is 5.73 Å². The van der Waals surface area contributed by atoms with Gasteiger partial charge in [-0.15, -0.1) is 11.3 Å².